The Kier molecular flexibility index (Phi) is 1.92. The Hall–Kier alpha value is -1.16. The highest BCUT2D eigenvalue weighted by molar-refractivity contribution is 5.07. The smallest absolute Gasteiger partial charge is 0.325 e. The monoisotopic (exact) mass is 179 g/mol. The molecule has 1 fully saturated rings. The minimum atomic E-state index is -0.294. The summed E-state index contributed by atoms with van der Waals surface area (Å²) in [6.07, 6.45) is 7.47. The number of rotatable bonds is 3. The van der Waals surface area contributed by atoms with Crippen LogP contribution < -0.4 is 11.4 Å². The van der Waals surface area contributed by atoms with Gasteiger partial charge in [-0.25, -0.2) is 9.78 Å². The molecule has 4 heteroatoms. The third-order valence-corrected chi connectivity index (χ3v) is 2.53. The van der Waals surface area contributed by atoms with Gasteiger partial charge < -0.3 is 10.7 Å². The van der Waals surface area contributed by atoms with Gasteiger partial charge in [-0.15, -0.1) is 0 Å². The van der Waals surface area contributed by atoms with Gasteiger partial charge in [0, 0.05) is 17.9 Å². The molecular formula is C9H13N3O. The summed E-state index contributed by atoms with van der Waals surface area (Å²) in [5, 5.41) is 0. The molecule has 1 aliphatic carbocycles. The maximum atomic E-state index is 10.6. The van der Waals surface area contributed by atoms with Crippen molar-refractivity contribution in [3.05, 3.63) is 28.4 Å². The van der Waals surface area contributed by atoms with E-state index in [0.717, 1.165) is 31.2 Å². The van der Waals surface area contributed by atoms with Gasteiger partial charge in [-0.05, 0) is 31.2 Å². The topological polar surface area (TPSA) is 71.8 Å². The van der Waals surface area contributed by atoms with Crippen LogP contribution >= 0.6 is 0 Å². The first-order chi connectivity index (χ1) is 6.18. The lowest BCUT2D eigenvalue weighted by Crippen LogP contribution is -2.22. The Labute approximate surface area is 76.2 Å². The third-order valence-electron chi connectivity index (χ3n) is 2.53. The lowest BCUT2D eigenvalue weighted by molar-refractivity contribution is 0.607. The second-order valence-electron chi connectivity index (χ2n) is 3.79. The zero-order valence-electron chi connectivity index (χ0n) is 7.42. The van der Waals surface area contributed by atoms with Crippen molar-refractivity contribution in [3.63, 3.8) is 0 Å². The van der Waals surface area contributed by atoms with E-state index in [-0.39, 0.29) is 11.2 Å². The Morgan fingerprint density at radius 1 is 1.62 bits per heavy atom. The fraction of sp³-hybridized carbons (Fsp3) is 0.556. The number of nitrogens with zero attached hydrogens (tertiary/aromatic N) is 1. The van der Waals surface area contributed by atoms with Gasteiger partial charge in [0.15, 0.2) is 0 Å². The molecule has 1 aromatic rings. The minimum absolute atomic E-state index is 0.0795. The van der Waals surface area contributed by atoms with Crippen molar-refractivity contribution >= 4 is 0 Å². The van der Waals surface area contributed by atoms with Gasteiger partial charge in [-0.3, -0.25) is 0 Å². The van der Waals surface area contributed by atoms with E-state index in [1.165, 1.54) is 0 Å². The number of nitrogens with one attached hydrogen (secondary N) is 1. The Balaban J connectivity index is 1.94. The molecule has 0 saturated heterocycles. The van der Waals surface area contributed by atoms with Gasteiger partial charge in [0.2, 0.25) is 0 Å². The van der Waals surface area contributed by atoms with E-state index in [2.05, 4.69) is 9.97 Å². The largest absolute Gasteiger partial charge is 0.344 e. The number of nitrogens with two attached hydrogens (primary N) is 1. The normalized spacial score (nSPS) is 18.5. The van der Waals surface area contributed by atoms with Crippen LogP contribution in [0.25, 0.3) is 0 Å². The molecular weight excluding hydrogens is 166 g/mol. The molecule has 0 unspecified atom stereocenters. The first-order valence-electron chi connectivity index (χ1n) is 4.50. The van der Waals surface area contributed by atoms with E-state index in [1.807, 2.05) is 0 Å². The lowest BCUT2D eigenvalue weighted by atomic mass is 10.1. The molecule has 1 aromatic heterocycles. The summed E-state index contributed by atoms with van der Waals surface area (Å²) in [7, 11) is 0. The number of aromatic nitrogens is 2. The van der Waals surface area contributed by atoms with Crippen LogP contribution in [0.3, 0.4) is 0 Å². The molecule has 2 rings (SSSR count). The van der Waals surface area contributed by atoms with Gasteiger partial charge in [-0.1, -0.05) is 0 Å². The van der Waals surface area contributed by atoms with Crippen LogP contribution in [-0.4, -0.2) is 15.5 Å². The lowest BCUT2D eigenvalue weighted by Gasteiger charge is -2.06. The number of aryl methyl sites for hydroxylation is 1. The molecule has 0 aliphatic heterocycles. The summed E-state index contributed by atoms with van der Waals surface area (Å²) in [6.45, 7) is 0. The van der Waals surface area contributed by atoms with Crippen molar-refractivity contribution in [3.8, 4) is 0 Å². The second-order valence-corrected chi connectivity index (χ2v) is 3.79. The quantitative estimate of drug-likeness (QED) is 0.696. The maximum absolute atomic E-state index is 10.6. The highest BCUT2D eigenvalue weighted by atomic mass is 16.1. The number of hydrogen-bond acceptors (Lipinski definition) is 3. The average molecular weight is 179 g/mol. The molecule has 1 heterocycles. The molecule has 0 spiro atoms. The maximum Gasteiger partial charge on any atom is 0.344 e. The van der Waals surface area contributed by atoms with E-state index >= 15 is 0 Å². The van der Waals surface area contributed by atoms with E-state index in [0.29, 0.717) is 0 Å². The van der Waals surface area contributed by atoms with Crippen LogP contribution in [0.5, 0.6) is 0 Å². The third kappa shape index (κ3) is 2.15. The van der Waals surface area contributed by atoms with Crippen LogP contribution in [0.4, 0.5) is 0 Å². The Bertz CT molecular complexity index is 334. The summed E-state index contributed by atoms with van der Waals surface area (Å²) in [5.74, 6) is 0. The second kappa shape index (κ2) is 2.96. The predicted molar refractivity (Wildman–Crippen MR) is 49.3 cm³/mol. The Morgan fingerprint density at radius 3 is 2.92 bits per heavy atom. The first-order valence-corrected chi connectivity index (χ1v) is 4.50. The molecule has 0 radical (unpaired) electrons. The fourth-order valence-electron chi connectivity index (χ4n) is 1.31. The standard InChI is InChI=1S/C9H13N3O/c10-9(3-4-9)2-1-7-5-11-8(13)12-6-7/h5-6H,1-4,10H2,(H,11,12,13). The van der Waals surface area contributed by atoms with Crippen molar-refractivity contribution < 1.29 is 0 Å². The van der Waals surface area contributed by atoms with Gasteiger partial charge in [0.25, 0.3) is 0 Å². The summed E-state index contributed by atoms with van der Waals surface area (Å²) in [6, 6.07) is 0. The summed E-state index contributed by atoms with van der Waals surface area (Å²) >= 11 is 0. The van der Waals surface area contributed by atoms with Crippen molar-refractivity contribution in [2.24, 2.45) is 5.73 Å². The number of aromatic amines is 1. The van der Waals surface area contributed by atoms with Crippen LogP contribution in [0.1, 0.15) is 24.8 Å². The van der Waals surface area contributed by atoms with E-state index in [9.17, 15) is 4.79 Å². The Morgan fingerprint density at radius 2 is 2.38 bits per heavy atom. The summed E-state index contributed by atoms with van der Waals surface area (Å²) in [4.78, 5) is 16.8. The van der Waals surface area contributed by atoms with Crippen molar-refractivity contribution in [2.45, 2.75) is 31.2 Å². The van der Waals surface area contributed by atoms with Crippen LogP contribution in [0.15, 0.2) is 17.2 Å². The molecule has 1 saturated carbocycles. The molecule has 0 aromatic carbocycles. The summed E-state index contributed by atoms with van der Waals surface area (Å²) in [5.41, 5.74) is 6.77. The van der Waals surface area contributed by atoms with Crippen LogP contribution in [0.2, 0.25) is 0 Å². The zero-order chi connectivity index (χ0) is 9.31. The van der Waals surface area contributed by atoms with Gasteiger partial charge in [-0.2, -0.15) is 0 Å². The molecule has 0 atom stereocenters. The molecule has 0 amide bonds. The van der Waals surface area contributed by atoms with E-state index < -0.39 is 0 Å². The fourth-order valence-corrected chi connectivity index (χ4v) is 1.31. The van der Waals surface area contributed by atoms with Crippen LogP contribution in [0, 0.1) is 0 Å². The van der Waals surface area contributed by atoms with E-state index in [1.54, 1.807) is 12.4 Å². The number of H-pyrrole nitrogens is 1. The molecule has 1 aliphatic rings. The van der Waals surface area contributed by atoms with Gasteiger partial charge >= 0.3 is 5.69 Å². The molecule has 4 nitrogen and oxygen atoms in total. The van der Waals surface area contributed by atoms with Gasteiger partial charge in [0.1, 0.15) is 0 Å². The summed E-state index contributed by atoms with van der Waals surface area (Å²) < 4.78 is 0. The van der Waals surface area contributed by atoms with Gasteiger partial charge in [0.05, 0.1) is 0 Å². The minimum Gasteiger partial charge on any atom is -0.325 e. The van der Waals surface area contributed by atoms with Crippen molar-refractivity contribution in [1.82, 2.24) is 9.97 Å². The SMILES string of the molecule is NC1(CCc2cnc(=O)[nH]c2)CC1. The highest BCUT2D eigenvalue weighted by Gasteiger charge is 2.37. The molecule has 70 valence electrons. The van der Waals surface area contributed by atoms with Crippen molar-refractivity contribution in [2.75, 3.05) is 0 Å². The molecule has 0 bridgehead atoms. The molecule has 3 N–H and O–H groups in total. The highest BCUT2D eigenvalue weighted by Crippen LogP contribution is 2.36. The number of hydrogen-bond donors (Lipinski definition) is 2. The molecule has 13 heavy (non-hydrogen) atoms. The van der Waals surface area contributed by atoms with Crippen molar-refractivity contribution in [1.29, 1.82) is 0 Å². The first kappa shape index (κ1) is 8.44. The predicted octanol–water partition coefficient (Wildman–Crippen LogP) is 0.194. The average Bonchev–Trinajstić information content (AvgIpc) is 2.84. The van der Waals surface area contributed by atoms with Crippen LogP contribution in [-0.2, 0) is 6.42 Å². The zero-order valence-corrected chi connectivity index (χ0v) is 7.42. The van der Waals surface area contributed by atoms with E-state index in [4.69, 9.17) is 5.73 Å².